The van der Waals surface area contributed by atoms with E-state index in [2.05, 4.69) is 15.0 Å². The van der Waals surface area contributed by atoms with Crippen molar-refractivity contribution in [3.63, 3.8) is 0 Å². The molecule has 0 radical (unpaired) electrons. The molecular formula is C22H24F2N4O4S. The molecule has 1 aliphatic rings. The average Bonchev–Trinajstić information content (AvgIpc) is 3.28. The van der Waals surface area contributed by atoms with Crippen LogP contribution in [0.5, 0.6) is 0 Å². The molecule has 1 aromatic heterocycles. The highest BCUT2D eigenvalue weighted by Crippen LogP contribution is 2.24. The third-order valence-corrected chi connectivity index (χ3v) is 7.07. The van der Waals surface area contributed by atoms with E-state index in [0.29, 0.717) is 37.1 Å². The highest BCUT2D eigenvalue weighted by molar-refractivity contribution is 7.89. The largest absolute Gasteiger partial charge is 0.394 e. The zero-order valence-corrected chi connectivity index (χ0v) is 18.5. The van der Waals surface area contributed by atoms with Gasteiger partial charge in [-0.1, -0.05) is 17.3 Å². The lowest BCUT2D eigenvalue weighted by molar-refractivity contribution is -0.0891. The van der Waals surface area contributed by atoms with Crippen molar-refractivity contribution in [1.82, 2.24) is 19.7 Å². The number of aliphatic hydroxyl groups excluding tert-OH is 1. The minimum atomic E-state index is -3.88. The maximum Gasteiger partial charge on any atom is 0.240 e. The number of hydrogen-bond acceptors (Lipinski definition) is 6. The highest BCUT2D eigenvalue weighted by Gasteiger charge is 2.34. The van der Waals surface area contributed by atoms with E-state index in [9.17, 15) is 22.3 Å². The number of halogens is 2. The molecule has 2 N–H and O–H groups in total. The summed E-state index contributed by atoms with van der Waals surface area (Å²) in [5, 5.41) is 17.9. The molecule has 1 saturated heterocycles. The van der Waals surface area contributed by atoms with Gasteiger partial charge in [-0.2, -0.15) is 0 Å². The van der Waals surface area contributed by atoms with Crippen LogP contribution in [-0.2, 0) is 21.3 Å². The van der Waals surface area contributed by atoms with Crippen molar-refractivity contribution in [3.05, 3.63) is 66.4 Å². The molecule has 2 aromatic carbocycles. The number of ether oxygens (including phenoxy) is 1. The second-order valence-corrected chi connectivity index (χ2v) is 9.62. The van der Waals surface area contributed by atoms with Gasteiger partial charge in [-0.15, -0.1) is 5.10 Å². The van der Waals surface area contributed by atoms with Gasteiger partial charge in [-0.05, 0) is 55.7 Å². The average molecular weight is 479 g/mol. The van der Waals surface area contributed by atoms with Crippen molar-refractivity contribution in [1.29, 1.82) is 0 Å². The first-order valence-corrected chi connectivity index (χ1v) is 12.0. The number of rotatable bonds is 8. The zero-order valence-electron chi connectivity index (χ0n) is 17.6. The molecule has 33 heavy (non-hydrogen) atoms. The summed E-state index contributed by atoms with van der Waals surface area (Å²) in [6, 6.07) is 10.0. The molecular weight excluding hydrogens is 454 g/mol. The molecule has 0 aliphatic carbocycles. The van der Waals surface area contributed by atoms with Gasteiger partial charge in [0.15, 0.2) is 0 Å². The van der Waals surface area contributed by atoms with Gasteiger partial charge >= 0.3 is 0 Å². The van der Waals surface area contributed by atoms with Crippen molar-refractivity contribution in [2.75, 3.05) is 6.61 Å². The lowest BCUT2D eigenvalue weighted by atomic mass is 9.98. The summed E-state index contributed by atoms with van der Waals surface area (Å²) < 4.78 is 61.8. The van der Waals surface area contributed by atoms with E-state index >= 15 is 0 Å². The van der Waals surface area contributed by atoms with E-state index < -0.39 is 28.0 Å². The van der Waals surface area contributed by atoms with Crippen molar-refractivity contribution in [2.24, 2.45) is 0 Å². The second-order valence-electron chi connectivity index (χ2n) is 7.90. The molecule has 3 atom stereocenters. The van der Waals surface area contributed by atoms with Crippen molar-refractivity contribution >= 4 is 10.0 Å². The summed E-state index contributed by atoms with van der Waals surface area (Å²) in [7, 11) is -3.88. The second kappa shape index (κ2) is 10.0. The molecule has 0 unspecified atom stereocenters. The van der Waals surface area contributed by atoms with Crippen molar-refractivity contribution in [3.8, 4) is 11.3 Å². The van der Waals surface area contributed by atoms with Gasteiger partial charge in [0.25, 0.3) is 0 Å². The molecule has 3 aromatic rings. The van der Waals surface area contributed by atoms with Crippen LogP contribution in [0.2, 0.25) is 0 Å². The van der Waals surface area contributed by atoms with Gasteiger partial charge in [-0.25, -0.2) is 21.9 Å². The Balaban J connectivity index is 1.33. The van der Waals surface area contributed by atoms with Crippen molar-refractivity contribution < 1.29 is 27.0 Å². The Kier molecular flexibility index (Phi) is 7.13. The minimum Gasteiger partial charge on any atom is -0.394 e. The first-order chi connectivity index (χ1) is 15.8. The molecule has 1 fully saturated rings. The Labute approximate surface area is 190 Å². The van der Waals surface area contributed by atoms with Crippen LogP contribution >= 0.6 is 0 Å². The molecule has 8 nitrogen and oxygen atoms in total. The molecule has 4 rings (SSSR count). The maximum absolute atomic E-state index is 13.4. The molecule has 176 valence electrons. The van der Waals surface area contributed by atoms with Crippen molar-refractivity contribution in [2.45, 2.75) is 49.0 Å². The van der Waals surface area contributed by atoms with Gasteiger partial charge in [-0.3, -0.25) is 4.68 Å². The van der Waals surface area contributed by atoms with Gasteiger partial charge in [0, 0.05) is 12.1 Å². The molecule has 0 bridgehead atoms. The van der Waals surface area contributed by atoms with Crippen LogP contribution in [0.4, 0.5) is 8.78 Å². The first kappa shape index (κ1) is 23.4. The Bertz CT molecular complexity index is 1190. The standard InChI is InChI=1S/C22H24F2N4O4S/c23-16-4-7-19(8-5-16)33(30,31)26-20-9-6-18(32-22(20)14-29)10-11-28-13-21(25-27-28)15-2-1-3-17(24)12-15/h1-5,7-8,12-13,18,20,22,26,29H,6,9-11,14H2/t18-,20-,22-/m1/s1. The number of aromatic nitrogens is 3. The van der Waals surface area contributed by atoms with E-state index in [1.165, 1.54) is 24.3 Å². The third kappa shape index (κ3) is 5.80. The summed E-state index contributed by atoms with van der Waals surface area (Å²) in [6.45, 7) is 0.150. The smallest absolute Gasteiger partial charge is 0.240 e. The maximum atomic E-state index is 13.4. The fourth-order valence-electron chi connectivity index (χ4n) is 3.82. The predicted molar refractivity (Wildman–Crippen MR) is 116 cm³/mol. The summed E-state index contributed by atoms with van der Waals surface area (Å²) in [4.78, 5) is -0.0528. The SMILES string of the molecule is O=S(=O)(N[C@@H]1CC[C@H](CCn2cc(-c3cccc(F)c3)nn2)O[C@@H]1CO)c1ccc(F)cc1. The number of aryl methyl sites for hydroxylation is 1. The van der Waals surface area contributed by atoms with Gasteiger partial charge in [0.2, 0.25) is 10.0 Å². The molecule has 0 amide bonds. The summed E-state index contributed by atoms with van der Waals surface area (Å²) in [5.41, 5.74) is 1.19. The normalized spacial score (nSPS) is 21.2. The molecule has 0 spiro atoms. The third-order valence-electron chi connectivity index (χ3n) is 5.57. The number of hydrogen-bond donors (Lipinski definition) is 2. The van der Waals surface area contributed by atoms with Gasteiger partial charge in [0.1, 0.15) is 17.3 Å². The first-order valence-electron chi connectivity index (χ1n) is 10.5. The molecule has 0 saturated carbocycles. The van der Waals surface area contributed by atoms with E-state index in [1.807, 2.05) is 0 Å². The van der Waals surface area contributed by atoms with E-state index in [-0.39, 0.29) is 23.4 Å². The quantitative estimate of drug-likeness (QED) is 0.515. The number of benzene rings is 2. The number of nitrogens with one attached hydrogen (secondary N) is 1. The Morgan fingerprint density at radius 1 is 1.12 bits per heavy atom. The van der Waals surface area contributed by atoms with Crippen LogP contribution in [0, 0.1) is 11.6 Å². The topological polar surface area (TPSA) is 106 Å². The van der Waals surface area contributed by atoms with Crippen LogP contribution in [0.3, 0.4) is 0 Å². The van der Waals surface area contributed by atoms with E-state index in [1.54, 1.807) is 23.0 Å². The van der Waals surface area contributed by atoms with E-state index in [4.69, 9.17) is 4.74 Å². The van der Waals surface area contributed by atoms with Crippen LogP contribution in [0.25, 0.3) is 11.3 Å². The Hall–Kier alpha value is -2.73. The Morgan fingerprint density at radius 2 is 1.91 bits per heavy atom. The minimum absolute atomic E-state index is 0.0528. The monoisotopic (exact) mass is 478 g/mol. The lowest BCUT2D eigenvalue weighted by Gasteiger charge is -2.36. The fourth-order valence-corrected chi connectivity index (χ4v) is 5.12. The van der Waals surface area contributed by atoms with E-state index in [0.717, 1.165) is 12.1 Å². The summed E-state index contributed by atoms with van der Waals surface area (Å²) in [5.74, 6) is -0.876. The van der Waals surface area contributed by atoms with Gasteiger partial charge < -0.3 is 9.84 Å². The van der Waals surface area contributed by atoms with Crippen LogP contribution in [0.15, 0.2) is 59.6 Å². The van der Waals surface area contributed by atoms with Crippen LogP contribution < -0.4 is 4.72 Å². The fraction of sp³-hybridized carbons (Fsp3) is 0.364. The summed E-state index contributed by atoms with van der Waals surface area (Å²) >= 11 is 0. The van der Waals surface area contributed by atoms with Gasteiger partial charge in [0.05, 0.1) is 35.9 Å². The predicted octanol–water partition coefficient (Wildman–Crippen LogP) is 2.50. The number of sulfonamides is 1. The molecule has 11 heteroatoms. The molecule has 2 heterocycles. The highest BCUT2D eigenvalue weighted by atomic mass is 32.2. The zero-order chi connectivity index (χ0) is 23.4. The Morgan fingerprint density at radius 3 is 2.64 bits per heavy atom. The lowest BCUT2D eigenvalue weighted by Crippen LogP contribution is -2.50. The summed E-state index contributed by atoms with van der Waals surface area (Å²) in [6.07, 6.45) is 2.45. The number of nitrogens with zero attached hydrogens (tertiary/aromatic N) is 3. The van der Waals surface area contributed by atoms with Crippen LogP contribution in [-0.4, -0.2) is 53.4 Å². The molecule has 1 aliphatic heterocycles. The van der Waals surface area contributed by atoms with Crippen LogP contribution in [0.1, 0.15) is 19.3 Å². The number of aliphatic hydroxyl groups is 1.